The summed E-state index contributed by atoms with van der Waals surface area (Å²) in [5, 5.41) is 0. The molecule has 0 aliphatic rings. The summed E-state index contributed by atoms with van der Waals surface area (Å²) >= 11 is 0. The lowest BCUT2D eigenvalue weighted by Crippen LogP contribution is -1.83. The fourth-order valence-electron chi connectivity index (χ4n) is 2.50. The molecule has 0 atom stereocenters. The largest absolute Gasteiger partial charge is 0.497 e. The Balaban J connectivity index is 2.11. The molecule has 0 heterocycles. The molecule has 0 amide bonds. The van der Waals surface area contributed by atoms with E-state index >= 15 is 0 Å². The lowest BCUT2D eigenvalue weighted by atomic mass is 10.0. The van der Waals surface area contributed by atoms with Crippen LogP contribution in [0.25, 0.3) is 6.08 Å². The molecule has 0 unspecified atom stereocenters. The Bertz CT molecular complexity index is 428. The third kappa shape index (κ3) is 8.71. The van der Waals surface area contributed by atoms with Gasteiger partial charge in [-0.25, -0.2) is 0 Å². The van der Waals surface area contributed by atoms with Crippen LogP contribution >= 0.6 is 0 Å². The van der Waals surface area contributed by atoms with Gasteiger partial charge >= 0.3 is 0 Å². The van der Waals surface area contributed by atoms with Crippen LogP contribution in [0.5, 0.6) is 5.75 Å². The minimum Gasteiger partial charge on any atom is -0.497 e. The first-order valence-corrected chi connectivity index (χ1v) is 8.76. The van der Waals surface area contributed by atoms with Crippen molar-refractivity contribution in [3.63, 3.8) is 0 Å². The lowest BCUT2D eigenvalue weighted by Gasteiger charge is -2.03. The van der Waals surface area contributed by atoms with Crippen molar-refractivity contribution in [1.29, 1.82) is 0 Å². The van der Waals surface area contributed by atoms with Crippen LogP contribution in [-0.2, 0) is 0 Å². The Morgan fingerprint density at radius 2 is 1.55 bits per heavy atom. The van der Waals surface area contributed by atoms with Crippen LogP contribution in [0.15, 0.2) is 42.5 Å². The van der Waals surface area contributed by atoms with Crippen LogP contribution < -0.4 is 4.74 Å². The molecule has 0 saturated heterocycles. The summed E-state index contributed by atoms with van der Waals surface area (Å²) < 4.78 is 5.16. The Morgan fingerprint density at radius 1 is 0.955 bits per heavy atom. The predicted molar refractivity (Wildman–Crippen MR) is 98.4 cm³/mol. The van der Waals surface area contributed by atoms with Gasteiger partial charge in [0.2, 0.25) is 0 Å². The van der Waals surface area contributed by atoms with E-state index in [-0.39, 0.29) is 0 Å². The van der Waals surface area contributed by atoms with E-state index in [4.69, 9.17) is 4.74 Å². The maximum absolute atomic E-state index is 5.16. The van der Waals surface area contributed by atoms with Crippen molar-refractivity contribution < 1.29 is 4.74 Å². The molecule has 122 valence electrons. The van der Waals surface area contributed by atoms with Crippen molar-refractivity contribution in [3.05, 3.63) is 48.1 Å². The summed E-state index contributed by atoms with van der Waals surface area (Å²) in [5.41, 5.74) is 2.42. The van der Waals surface area contributed by atoms with Gasteiger partial charge in [-0.15, -0.1) is 0 Å². The van der Waals surface area contributed by atoms with E-state index in [9.17, 15) is 0 Å². The van der Waals surface area contributed by atoms with Crippen molar-refractivity contribution in [2.75, 3.05) is 7.11 Å². The SMILES string of the molecule is C=C(/C=C/c1ccc(OC)cc1)CCCCCCCCCC. The van der Waals surface area contributed by atoms with Gasteiger partial charge in [-0.1, -0.05) is 88.3 Å². The van der Waals surface area contributed by atoms with Crippen molar-refractivity contribution in [2.24, 2.45) is 0 Å². The number of hydrogen-bond donors (Lipinski definition) is 0. The standard InChI is InChI=1S/C21H32O/c1-4-5-6-7-8-9-10-11-12-19(2)13-14-20-15-17-21(22-3)18-16-20/h13-18H,2,4-12H2,1,3H3/b14-13+. The highest BCUT2D eigenvalue weighted by atomic mass is 16.5. The molecule has 1 aromatic rings. The van der Waals surface area contributed by atoms with Crippen LogP contribution in [0.1, 0.15) is 70.3 Å². The van der Waals surface area contributed by atoms with Crippen LogP contribution in [0, 0.1) is 0 Å². The van der Waals surface area contributed by atoms with E-state index in [1.54, 1.807) is 7.11 Å². The summed E-state index contributed by atoms with van der Waals surface area (Å²) in [6, 6.07) is 8.11. The Labute approximate surface area is 137 Å². The number of benzene rings is 1. The predicted octanol–water partition coefficient (Wildman–Crippen LogP) is 6.80. The number of unbranched alkanes of at least 4 members (excludes halogenated alkanes) is 7. The summed E-state index contributed by atoms with van der Waals surface area (Å²) in [7, 11) is 1.69. The zero-order valence-electron chi connectivity index (χ0n) is 14.4. The maximum atomic E-state index is 5.16. The first-order chi connectivity index (χ1) is 10.8. The van der Waals surface area contributed by atoms with Gasteiger partial charge in [-0.05, 0) is 30.5 Å². The number of methoxy groups -OCH3 is 1. The molecule has 0 radical (unpaired) electrons. The number of allylic oxidation sites excluding steroid dienone is 2. The number of rotatable bonds is 12. The number of ether oxygens (including phenoxy) is 1. The molecule has 0 saturated carbocycles. The molecule has 1 rings (SSSR count). The van der Waals surface area contributed by atoms with Gasteiger partial charge < -0.3 is 4.74 Å². The van der Waals surface area contributed by atoms with Crippen LogP contribution in [0.4, 0.5) is 0 Å². The van der Waals surface area contributed by atoms with Gasteiger partial charge in [-0.3, -0.25) is 0 Å². The highest BCUT2D eigenvalue weighted by Gasteiger charge is 1.94. The van der Waals surface area contributed by atoms with Gasteiger partial charge in [-0.2, -0.15) is 0 Å². The minimum absolute atomic E-state index is 0.898. The third-order valence-electron chi connectivity index (χ3n) is 3.98. The van der Waals surface area contributed by atoms with E-state index in [2.05, 4.69) is 37.8 Å². The fourth-order valence-corrected chi connectivity index (χ4v) is 2.50. The van der Waals surface area contributed by atoms with E-state index in [1.807, 2.05) is 12.1 Å². The first-order valence-electron chi connectivity index (χ1n) is 8.76. The second kappa shape index (κ2) is 12.1. The molecular formula is C21H32O. The normalized spacial score (nSPS) is 11.0. The van der Waals surface area contributed by atoms with Crippen molar-refractivity contribution in [3.8, 4) is 5.75 Å². The number of hydrogen-bond acceptors (Lipinski definition) is 1. The highest BCUT2D eigenvalue weighted by molar-refractivity contribution is 5.53. The average molecular weight is 300 g/mol. The van der Waals surface area contributed by atoms with E-state index in [0.29, 0.717) is 0 Å². The zero-order valence-corrected chi connectivity index (χ0v) is 14.4. The van der Waals surface area contributed by atoms with Crippen LogP contribution in [0.3, 0.4) is 0 Å². The Morgan fingerprint density at radius 3 is 2.14 bits per heavy atom. The molecule has 0 bridgehead atoms. The summed E-state index contributed by atoms with van der Waals surface area (Å²) in [6.07, 6.45) is 16.3. The molecule has 0 aliphatic heterocycles. The second-order valence-electron chi connectivity index (χ2n) is 5.99. The molecule has 1 heteroatoms. The Kier molecular flexibility index (Phi) is 10.2. The van der Waals surface area contributed by atoms with Gasteiger partial charge in [0, 0.05) is 0 Å². The molecule has 0 aromatic heterocycles. The highest BCUT2D eigenvalue weighted by Crippen LogP contribution is 2.15. The Hall–Kier alpha value is -1.50. The van der Waals surface area contributed by atoms with Gasteiger partial charge in [0.05, 0.1) is 7.11 Å². The monoisotopic (exact) mass is 300 g/mol. The topological polar surface area (TPSA) is 9.23 Å². The molecular weight excluding hydrogens is 268 g/mol. The van der Waals surface area contributed by atoms with E-state index in [0.717, 1.165) is 12.2 Å². The zero-order chi connectivity index (χ0) is 16.0. The quantitative estimate of drug-likeness (QED) is 0.305. The first kappa shape index (κ1) is 18.5. The second-order valence-corrected chi connectivity index (χ2v) is 5.99. The molecule has 0 N–H and O–H groups in total. The van der Waals surface area contributed by atoms with E-state index < -0.39 is 0 Å². The van der Waals surface area contributed by atoms with Gasteiger partial charge in [0.1, 0.15) is 5.75 Å². The summed E-state index contributed by atoms with van der Waals surface area (Å²) in [6.45, 7) is 6.42. The molecule has 0 fully saturated rings. The molecule has 22 heavy (non-hydrogen) atoms. The minimum atomic E-state index is 0.898. The van der Waals surface area contributed by atoms with Gasteiger partial charge in [0.15, 0.2) is 0 Å². The van der Waals surface area contributed by atoms with Crippen molar-refractivity contribution in [1.82, 2.24) is 0 Å². The molecule has 0 aliphatic carbocycles. The molecule has 0 spiro atoms. The van der Waals surface area contributed by atoms with Crippen molar-refractivity contribution in [2.45, 2.75) is 64.7 Å². The van der Waals surface area contributed by atoms with Crippen LogP contribution in [-0.4, -0.2) is 7.11 Å². The van der Waals surface area contributed by atoms with Crippen molar-refractivity contribution >= 4 is 6.08 Å². The maximum Gasteiger partial charge on any atom is 0.118 e. The molecule has 1 nitrogen and oxygen atoms in total. The average Bonchev–Trinajstić information content (AvgIpc) is 2.56. The summed E-state index contributed by atoms with van der Waals surface area (Å²) in [4.78, 5) is 0. The fraction of sp³-hybridized carbons (Fsp3) is 0.524. The van der Waals surface area contributed by atoms with Crippen LogP contribution in [0.2, 0.25) is 0 Å². The summed E-state index contributed by atoms with van der Waals surface area (Å²) in [5.74, 6) is 0.898. The van der Waals surface area contributed by atoms with Gasteiger partial charge in [0.25, 0.3) is 0 Å². The third-order valence-corrected chi connectivity index (χ3v) is 3.98. The lowest BCUT2D eigenvalue weighted by molar-refractivity contribution is 0.415. The molecule has 1 aromatic carbocycles. The van der Waals surface area contributed by atoms with E-state index in [1.165, 1.54) is 62.5 Å². The smallest absolute Gasteiger partial charge is 0.118 e.